The van der Waals surface area contributed by atoms with E-state index in [4.69, 9.17) is 0 Å². The number of carbonyl (C=O) groups is 2. The molecular formula is C29H26F3N3O3. The number of halogens is 3. The fourth-order valence-electron chi connectivity index (χ4n) is 4.88. The van der Waals surface area contributed by atoms with E-state index in [-0.39, 0.29) is 11.3 Å². The number of fused-ring (bicyclic) bond motifs is 1. The summed E-state index contributed by atoms with van der Waals surface area (Å²) in [5, 5.41) is 12.5. The Labute approximate surface area is 217 Å². The van der Waals surface area contributed by atoms with E-state index in [1.807, 2.05) is 24.3 Å². The van der Waals surface area contributed by atoms with Crippen LogP contribution in [0.3, 0.4) is 0 Å². The minimum absolute atomic E-state index is 0.0863. The SMILES string of the molecule is CC(=O)C1=NCc2cc(-c3cccc(NC(=O)c4cc(N5CCC(O)CC5)cc(C(F)(F)F)c4)c3)ccc21. The summed E-state index contributed by atoms with van der Waals surface area (Å²) in [6.07, 6.45) is -4.17. The zero-order valence-electron chi connectivity index (χ0n) is 20.7. The Hall–Kier alpha value is -3.98. The maximum Gasteiger partial charge on any atom is 0.416 e. The van der Waals surface area contributed by atoms with Gasteiger partial charge in [-0.15, -0.1) is 0 Å². The number of carbonyl (C=O) groups excluding carboxylic acids is 2. The normalized spacial score (nSPS) is 15.7. The van der Waals surface area contributed by atoms with Crippen LogP contribution in [-0.2, 0) is 17.5 Å². The largest absolute Gasteiger partial charge is 0.416 e. The second kappa shape index (κ2) is 10.1. The van der Waals surface area contributed by atoms with Gasteiger partial charge in [0, 0.05) is 42.5 Å². The van der Waals surface area contributed by atoms with E-state index in [1.165, 1.54) is 13.0 Å². The predicted molar refractivity (Wildman–Crippen MR) is 140 cm³/mol. The lowest BCUT2D eigenvalue weighted by molar-refractivity contribution is -0.137. The third-order valence-corrected chi connectivity index (χ3v) is 6.89. The van der Waals surface area contributed by atoms with Crippen molar-refractivity contribution in [2.45, 2.75) is 38.6 Å². The number of aliphatic hydroxyl groups is 1. The van der Waals surface area contributed by atoms with Gasteiger partial charge in [0.25, 0.3) is 5.91 Å². The molecule has 0 bridgehead atoms. The molecule has 0 radical (unpaired) electrons. The number of anilines is 2. The van der Waals surface area contributed by atoms with Gasteiger partial charge in [-0.2, -0.15) is 13.2 Å². The first-order valence-electron chi connectivity index (χ1n) is 12.3. The Morgan fingerprint density at radius 1 is 1.00 bits per heavy atom. The van der Waals surface area contributed by atoms with Gasteiger partial charge in [-0.3, -0.25) is 14.6 Å². The molecule has 0 unspecified atom stereocenters. The number of ketones is 1. The van der Waals surface area contributed by atoms with Gasteiger partial charge in [0.1, 0.15) is 5.71 Å². The smallest absolute Gasteiger partial charge is 0.393 e. The summed E-state index contributed by atoms with van der Waals surface area (Å²) in [7, 11) is 0. The van der Waals surface area contributed by atoms with Crippen molar-refractivity contribution in [2.75, 3.05) is 23.3 Å². The van der Waals surface area contributed by atoms with Crippen LogP contribution in [0.25, 0.3) is 11.1 Å². The molecule has 2 aliphatic heterocycles. The van der Waals surface area contributed by atoms with Crippen LogP contribution in [0.4, 0.5) is 24.5 Å². The molecule has 2 heterocycles. The highest BCUT2D eigenvalue weighted by molar-refractivity contribution is 6.46. The van der Waals surface area contributed by atoms with Crippen LogP contribution in [0.2, 0.25) is 0 Å². The number of rotatable bonds is 5. The number of benzene rings is 3. The molecule has 0 atom stereocenters. The molecule has 0 saturated carbocycles. The number of aliphatic imine (C=N–C) groups is 1. The van der Waals surface area contributed by atoms with Crippen LogP contribution in [0, 0.1) is 0 Å². The Bertz CT molecular complexity index is 1440. The van der Waals surface area contributed by atoms with E-state index in [0.29, 0.717) is 49.6 Å². The number of aliphatic hydroxyl groups excluding tert-OH is 1. The highest BCUT2D eigenvalue weighted by atomic mass is 19.4. The van der Waals surface area contributed by atoms with Gasteiger partial charge in [-0.25, -0.2) is 0 Å². The lowest BCUT2D eigenvalue weighted by Crippen LogP contribution is -2.36. The van der Waals surface area contributed by atoms with Gasteiger partial charge >= 0.3 is 6.18 Å². The molecule has 0 aromatic heterocycles. The average Bonchev–Trinajstić information content (AvgIpc) is 3.32. The monoisotopic (exact) mass is 521 g/mol. The number of hydrogen-bond donors (Lipinski definition) is 2. The summed E-state index contributed by atoms with van der Waals surface area (Å²) in [6, 6.07) is 16.1. The summed E-state index contributed by atoms with van der Waals surface area (Å²) in [6.45, 7) is 2.72. The third kappa shape index (κ3) is 5.33. The van der Waals surface area contributed by atoms with Crippen molar-refractivity contribution in [3.05, 3.63) is 82.9 Å². The molecule has 0 spiro atoms. The zero-order valence-corrected chi connectivity index (χ0v) is 20.7. The zero-order chi connectivity index (χ0) is 27.0. The Balaban J connectivity index is 1.39. The highest BCUT2D eigenvalue weighted by Crippen LogP contribution is 2.34. The maximum absolute atomic E-state index is 13.7. The fourth-order valence-corrected chi connectivity index (χ4v) is 4.88. The topological polar surface area (TPSA) is 82.0 Å². The first-order chi connectivity index (χ1) is 18.1. The van der Waals surface area contributed by atoms with Gasteiger partial charge in [0.05, 0.1) is 18.2 Å². The number of Topliss-reactive ketones (excluding diaryl/α,β-unsaturated/α-hetero) is 1. The Kier molecular flexibility index (Phi) is 6.79. The first kappa shape index (κ1) is 25.7. The average molecular weight is 522 g/mol. The van der Waals surface area contributed by atoms with Gasteiger partial charge in [0.15, 0.2) is 5.78 Å². The number of piperidine rings is 1. The van der Waals surface area contributed by atoms with Crippen molar-refractivity contribution < 1.29 is 27.9 Å². The summed E-state index contributed by atoms with van der Waals surface area (Å²) in [5.41, 5.74) is 3.63. The van der Waals surface area contributed by atoms with Crippen molar-refractivity contribution in [1.29, 1.82) is 0 Å². The molecule has 3 aromatic rings. The number of nitrogens with one attached hydrogen (secondary N) is 1. The minimum atomic E-state index is -4.61. The predicted octanol–water partition coefficient (Wildman–Crippen LogP) is 5.48. The summed E-state index contributed by atoms with van der Waals surface area (Å²) in [5.74, 6) is -0.739. The summed E-state index contributed by atoms with van der Waals surface area (Å²) >= 11 is 0. The second-order valence-electron chi connectivity index (χ2n) is 9.61. The van der Waals surface area contributed by atoms with E-state index in [1.54, 1.807) is 23.1 Å². The molecule has 2 aliphatic rings. The number of hydrogen-bond acceptors (Lipinski definition) is 5. The van der Waals surface area contributed by atoms with Crippen LogP contribution in [0.1, 0.15) is 46.8 Å². The molecule has 3 aromatic carbocycles. The van der Waals surface area contributed by atoms with Gasteiger partial charge in [-0.1, -0.05) is 24.3 Å². The first-order valence-corrected chi connectivity index (χ1v) is 12.3. The lowest BCUT2D eigenvalue weighted by atomic mass is 9.97. The van der Waals surface area contributed by atoms with E-state index >= 15 is 0 Å². The fraction of sp³-hybridized carbons (Fsp3) is 0.276. The number of nitrogens with zero attached hydrogens (tertiary/aromatic N) is 2. The van der Waals surface area contributed by atoms with Crippen LogP contribution >= 0.6 is 0 Å². The molecule has 38 heavy (non-hydrogen) atoms. The van der Waals surface area contributed by atoms with Gasteiger partial charge < -0.3 is 15.3 Å². The van der Waals surface area contributed by atoms with Gasteiger partial charge in [0.2, 0.25) is 0 Å². The molecule has 5 rings (SSSR count). The minimum Gasteiger partial charge on any atom is -0.393 e. The molecule has 1 fully saturated rings. The Morgan fingerprint density at radius 3 is 2.45 bits per heavy atom. The third-order valence-electron chi connectivity index (χ3n) is 6.89. The van der Waals surface area contributed by atoms with Crippen molar-refractivity contribution in [3.63, 3.8) is 0 Å². The molecule has 0 aliphatic carbocycles. The molecule has 6 nitrogen and oxygen atoms in total. The molecule has 2 N–H and O–H groups in total. The summed E-state index contributed by atoms with van der Waals surface area (Å²) < 4.78 is 41.0. The van der Waals surface area contributed by atoms with E-state index in [0.717, 1.165) is 34.4 Å². The van der Waals surface area contributed by atoms with Crippen molar-refractivity contribution >= 4 is 28.8 Å². The van der Waals surface area contributed by atoms with E-state index in [2.05, 4.69) is 10.3 Å². The van der Waals surface area contributed by atoms with Crippen molar-refractivity contribution in [3.8, 4) is 11.1 Å². The van der Waals surface area contributed by atoms with Crippen LogP contribution in [-0.4, -0.2) is 41.7 Å². The van der Waals surface area contributed by atoms with Crippen molar-refractivity contribution in [2.24, 2.45) is 4.99 Å². The molecule has 1 amide bonds. The van der Waals surface area contributed by atoms with E-state index < -0.39 is 23.8 Å². The molecule has 196 valence electrons. The second-order valence-corrected chi connectivity index (χ2v) is 9.61. The quantitative estimate of drug-likeness (QED) is 0.466. The number of alkyl halides is 3. The highest BCUT2D eigenvalue weighted by Gasteiger charge is 2.33. The van der Waals surface area contributed by atoms with Crippen LogP contribution in [0.5, 0.6) is 0 Å². The maximum atomic E-state index is 13.7. The van der Waals surface area contributed by atoms with Crippen LogP contribution < -0.4 is 10.2 Å². The van der Waals surface area contributed by atoms with Crippen LogP contribution in [0.15, 0.2) is 65.7 Å². The number of amides is 1. The molecular weight excluding hydrogens is 495 g/mol. The van der Waals surface area contributed by atoms with E-state index in [9.17, 15) is 27.9 Å². The standard InChI is InChI=1S/C29H26F3N3O3/c1-17(36)27-26-6-5-19(11-21(26)16-33-27)18-3-2-4-23(13-18)34-28(38)20-12-22(29(30,31)32)15-24(14-20)35-9-7-25(37)8-10-35/h2-6,11-15,25,37H,7-10,16H2,1H3,(H,34,38). The summed E-state index contributed by atoms with van der Waals surface area (Å²) in [4.78, 5) is 30.9. The Morgan fingerprint density at radius 2 is 1.74 bits per heavy atom. The van der Waals surface area contributed by atoms with Gasteiger partial charge in [-0.05, 0) is 65.9 Å². The lowest BCUT2D eigenvalue weighted by Gasteiger charge is -2.32. The molecule has 1 saturated heterocycles. The van der Waals surface area contributed by atoms with Crippen molar-refractivity contribution in [1.82, 2.24) is 0 Å². The molecule has 9 heteroatoms.